The topological polar surface area (TPSA) is 49.2 Å². The van der Waals surface area contributed by atoms with Gasteiger partial charge in [0, 0.05) is 6.54 Å². The van der Waals surface area contributed by atoms with E-state index in [2.05, 4.69) is 30.8 Å². The molecule has 1 saturated heterocycles. The minimum Gasteiger partial charge on any atom is -0.394 e. The molecule has 1 fully saturated rings. The number of aliphatic hydroxyl groups is 1. The average molecular weight is 272 g/mol. The quantitative estimate of drug-likeness (QED) is 0.888. The monoisotopic (exact) mass is 271 g/mol. The second kappa shape index (κ2) is 4.90. The third-order valence-corrected chi connectivity index (χ3v) is 3.15. The van der Waals surface area contributed by atoms with Gasteiger partial charge < -0.3 is 10.0 Å². The van der Waals surface area contributed by atoms with Gasteiger partial charge in [0.1, 0.15) is 10.4 Å². The molecule has 2 heterocycles. The molecule has 1 aliphatic rings. The van der Waals surface area contributed by atoms with Crippen LogP contribution < -0.4 is 4.90 Å². The summed E-state index contributed by atoms with van der Waals surface area (Å²) < 4.78 is 0.740. The molecule has 1 aliphatic heterocycles. The van der Waals surface area contributed by atoms with Crippen molar-refractivity contribution in [3.8, 4) is 0 Å². The van der Waals surface area contributed by atoms with Crippen LogP contribution in [0.1, 0.15) is 19.3 Å². The Labute approximate surface area is 97.5 Å². The maximum atomic E-state index is 9.28. The molecule has 2 rings (SSSR count). The molecule has 0 aliphatic carbocycles. The summed E-state index contributed by atoms with van der Waals surface area (Å²) in [6.07, 6.45) is 6.82. The van der Waals surface area contributed by atoms with Crippen LogP contribution in [0.4, 0.5) is 5.82 Å². The lowest BCUT2D eigenvalue weighted by Gasteiger charge is -2.35. The van der Waals surface area contributed by atoms with Gasteiger partial charge in [0.05, 0.1) is 25.0 Å². The fraction of sp³-hybridized carbons (Fsp3) is 0.600. The van der Waals surface area contributed by atoms with Gasteiger partial charge in [-0.2, -0.15) is 0 Å². The molecule has 0 radical (unpaired) electrons. The lowest BCUT2D eigenvalue weighted by Crippen LogP contribution is -2.42. The zero-order chi connectivity index (χ0) is 10.7. The van der Waals surface area contributed by atoms with E-state index in [9.17, 15) is 5.11 Å². The molecule has 0 bridgehead atoms. The summed E-state index contributed by atoms with van der Waals surface area (Å²) in [4.78, 5) is 10.6. The molecule has 0 aromatic carbocycles. The molecule has 5 heteroatoms. The van der Waals surface area contributed by atoms with Gasteiger partial charge in [-0.05, 0) is 35.2 Å². The maximum Gasteiger partial charge on any atom is 0.147 e. The first-order valence-electron chi connectivity index (χ1n) is 5.16. The zero-order valence-electron chi connectivity index (χ0n) is 8.43. The first-order valence-corrected chi connectivity index (χ1v) is 5.95. The minimum atomic E-state index is 0.192. The van der Waals surface area contributed by atoms with Gasteiger partial charge >= 0.3 is 0 Å². The van der Waals surface area contributed by atoms with Crippen LogP contribution in [-0.2, 0) is 0 Å². The molecule has 1 aromatic rings. The molecule has 1 N–H and O–H groups in total. The van der Waals surface area contributed by atoms with Crippen molar-refractivity contribution in [3.05, 3.63) is 17.0 Å². The summed E-state index contributed by atoms with van der Waals surface area (Å²) in [7, 11) is 0. The number of aromatic nitrogens is 2. The Morgan fingerprint density at radius 2 is 2.27 bits per heavy atom. The van der Waals surface area contributed by atoms with Crippen LogP contribution in [0.25, 0.3) is 0 Å². The molecule has 15 heavy (non-hydrogen) atoms. The Morgan fingerprint density at radius 3 is 2.93 bits per heavy atom. The zero-order valence-corrected chi connectivity index (χ0v) is 10.0. The number of halogens is 1. The first-order chi connectivity index (χ1) is 7.31. The van der Waals surface area contributed by atoms with Crippen LogP contribution in [-0.4, -0.2) is 34.3 Å². The number of hydrogen-bond acceptors (Lipinski definition) is 4. The Kier molecular flexibility index (Phi) is 3.53. The number of rotatable bonds is 2. The highest BCUT2D eigenvalue weighted by Gasteiger charge is 2.22. The van der Waals surface area contributed by atoms with Gasteiger partial charge in [0.15, 0.2) is 0 Å². The number of nitrogens with zero attached hydrogens (tertiary/aromatic N) is 3. The summed E-state index contributed by atoms with van der Waals surface area (Å²) in [6.45, 7) is 1.15. The van der Waals surface area contributed by atoms with Gasteiger partial charge in [-0.3, -0.25) is 0 Å². The summed E-state index contributed by atoms with van der Waals surface area (Å²) in [5.74, 6) is 0.858. The average Bonchev–Trinajstić information content (AvgIpc) is 2.30. The van der Waals surface area contributed by atoms with Crippen LogP contribution in [0, 0.1) is 0 Å². The lowest BCUT2D eigenvalue weighted by molar-refractivity contribution is 0.239. The third-order valence-electron chi connectivity index (χ3n) is 2.74. The Morgan fingerprint density at radius 1 is 1.40 bits per heavy atom. The molecule has 4 nitrogen and oxygen atoms in total. The van der Waals surface area contributed by atoms with Gasteiger partial charge in [0.2, 0.25) is 0 Å². The first kappa shape index (κ1) is 10.8. The smallest absolute Gasteiger partial charge is 0.147 e. The standard InChI is InChI=1S/C10H14BrN3O/c11-9-5-13-10(6-12-9)14-4-2-1-3-8(14)7-15/h5-6,8,15H,1-4,7H2. The summed E-state index contributed by atoms with van der Waals surface area (Å²) in [5, 5.41) is 9.28. The number of piperidine rings is 1. The van der Waals surface area contributed by atoms with E-state index in [0.29, 0.717) is 0 Å². The van der Waals surface area contributed by atoms with E-state index in [-0.39, 0.29) is 12.6 Å². The largest absolute Gasteiger partial charge is 0.394 e. The fourth-order valence-corrected chi connectivity index (χ4v) is 2.15. The summed E-state index contributed by atoms with van der Waals surface area (Å²) in [6, 6.07) is 0.203. The predicted molar refractivity (Wildman–Crippen MR) is 61.8 cm³/mol. The van der Waals surface area contributed by atoms with E-state index in [4.69, 9.17) is 0 Å². The number of hydrogen-bond donors (Lipinski definition) is 1. The van der Waals surface area contributed by atoms with Crippen LogP contribution in [0.15, 0.2) is 17.0 Å². The van der Waals surface area contributed by atoms with Crippen molar-refractivity contribution in [3.63, 3.8) is 0 Å². The van der Waals surface area contributed by atoms with Crippen LogP contribution in [0.3, 0.4) is 0 Å². The molecule has 0 spiro atoms. The fourth-order valence-electron chi connectivity index (χ4n) is 1.95. The van der Waals surface area contributed by atoms with Crippen LogP contribution >= 0.6 is 15.9 Å². The van der Waals surface area contributed by atoms with Crippen molar-refractivity contribution < 1.29 is 5.11 Å². The molecule has 0 saturated carbocycles. The van der Waals surface area contributed by atoms with E-state index in [0.717, 1.165) is 29.8 Å². The van der Waals surface area contributed by atoms with E-state index in [1.54, 1.807) is 12.4 Å². The highest BCUT2D eigenvalue weighted by Crippen LogP contribution is 2.22. The van der Waals surface area contributed by atoms with E-state index in [1.165, 1.54) is 6.42 Å². The van der Waals surface area contributed by atoms with Crippen molar-refractivity contribution in [2.75, 3.05) is 18.1 Å². The number of anilines is 1. The Bertz CT molecular complexity index is 317. The second-order valence-electron chi connectivity index (χ2n) is 3.72. The van der Waals surface area contributed by atoms with Crippen molar-refractivity contribution in [2.24, 2.45) is 0 Å². The molecule has 1 unspecified atom stereocenters. The predicted octanol–water partition coefficient (Wildman–Crippen LogP) is 1.59. The molecule has 0 amide bonds. The Hall–Kier alpha value is -0.680. The Balaban J connectivity index is 2.16. The normalized spacial score (nSPS) is 21.7. The maximum absolute atomic E-state index is 9.28. The highest BCUT2D eigenvalue weighted by molar-refractivity contribution is 9.10. The summed E-state index contributed by atoms with van der Waals surface area (Å²) >= 11 is 3.26. The summed E-state index contributed by atoms with van der Waals surface area (Å²) in [5.41, 5.74) is 0. The van der Waals surface area contributed by atoms with Crippen LogP contribution in [0.2, 0.25) is 0 Å². The van der Waals surface area contributed by atoms with Gasteiger partial charge in [-0.25, -0.2) is 9.97 Å². The van der Waals surface area contributed by atoms with E-state index in [1.807, 2.05) is 0 Å². The van der Waals surface area contributed by atoms with Crippen molar-refractivity contribution >= 4 is 21.7 Å². The van der Waals surface area contributed by atoms with Gasteiger partial charge in [-0.1, -0.05) is 0 Å². The molecule has 82 valence electrons. The van der Waals surface area contributed by atoms with Crippen molar-refractivity contribution in [1.82, 2.24) is 9.97 Å². The third kappa shape index (κ3) is 2.46. The molecule has 1 atom stereocenters. The van der Waals surface area contributed by atoms with Gasteiger partial charge in [-0.15, -0.1) is 0 Å². The number of aliphatic hydroxyl groups excluding tert-OH is 1. The lowest BCUT2D eigenvalue weighted by atomic mass is 10.0. The highest BCUT2D eigenvalue weighted by atomic mass is 79.9. The minimum absolute atomic E-state index is 0.192. The second-order valence-corrected chi connectivity index (χ2v) is 4.54. The molecular weight excluding hydrogens is 258 g/mol. The molecular formula is C10H14BrN3O. The molecule has 1 aromatic heterocycles. The van der Waals surface area contributed by atoms with E-state index >= 15 is 0 Å². The van der Waals surface area contributed by atoms with E-state index < -0.39 is 0 Å². The van der Waals surface area contributed by atoms with Crippen molar-refractivity contribution in [1.29, 1.82) is 0 Å². The SMILES string of the molecule is OCC1CCCCN1c1cnc(Br)cn1. The van der Waals surface area contributed by atoms with Gasteiger partial charge in [0.25, 0.3) is 0 Å². The van der Waals surface area contributed by atoms with Crippen molar-refractivity contribution in [2.45, 2.75) is 25.3 Å². The van der Waals surface area contributed by atoms with Crippen LogP contribution in [0.5, 0.6) is 0 Å².